The number of rotatable bonds is 3. The van der Waals surface area contributed by atoms with Crippen molar-refractivity contribution in [1.82, 2.24) is 0 Å². The third kappa shape index (κ3) is 2.10. The maximum Gasteiger partial charge on any atom is -1.00 e. The van der Waals surface area contributed by atoms with E-state index in [1.165, 1.54) is 12.8 Å². The van der Waals surface area contributed by atoms with Crippen LogP contribution in [0.1, 0.15) is 15.7 Å². The summed E-state index contributed by atoms with van der Waals surface area (Å²) >= 11 is -0.972. The molecule has 0 aromatic carbocycles. The summed E-state index contributed by atoms with van der Waals surface area (Å²) in [6.45, 7) is 4.63. The van der Waals surface area contributed by atoms with Gasteiger partial charge in [0.1, 0.15) is 0 Å². The Morgan fingerprint density at radius 3 is 1.86 bits per heavy atom. The maximum absolute atomic E-state index is 2.54. The minimum absolute atomic E-state index is 0. The summed E-state index contributed by atoms with van der Waals surface area (Å²) in [5.41, 5.74) is 0. The van der Waals surface area contributed by atoms with Gasteiger partial charge in [0, 0.05) is 0 Å². The Kier molecular flexibility index (Phi) is 3.43. The molecule has 0 nitrogen and oxygen atoms in total. The summed E-state index contributed by atoms with van der Waals surface area (Å²) in [6, 6.07) is 0. The average Bonchev–Trinajstić information content (AvgIpc) is 2.75. The second-order valence-corrected chi connectivity index (χ2v) is 17.6. The first-order valence-electron chi connectivity index (χ1n) is 5.38. The van der Waals surface area contributed by atoms with Crippen molar-refractivity contribution >= 4 is 6.66 Å². The van der Waals surface area contributed by atoms with Crippen molar-refractivity contribution in [2.45, 2.75) is 25.9 Å². The van der Waals surface area contributed by atoms with Crippen LogP contribution in [0.15, 0.2) is 44.2 Å². The third-order valence-corrected chi connectivity index (χ3v) is 15.8. The number of hydrogen-bond acceptors (Lipinski definition) is 0. The Hall–Kier alpha value is -0.109. The van der Waals surface area contributed by atoms with Crippen molar-refractivity contribution in [3.8, 4) is 0 Å². The molecule has 2 aliphatic carbocycles. The Morgan fingerprint density at radius 1 is 1.07 bits per heavy atom. The predicted molar refractivity (Wildman–Crippen MR) is 64.8 cm³/mol. The van der Waals surface area contributed by atoms with E-state index in [0.717, 1.165) is 0 Å². The van der Waals surface area contributed by atoms with Gasteiger partial charge in [-0.25, -0.2) is 0 Å². The summed E-state index contributed by atoms with van der Waals surface area (Å²) in [6.07, 6.45) is 16.5. The second kappa shape index (κ2) is 4.61. The van der Waals surface area contributed by atoms with Crippen molar-refractivity contribution in [3.63, 3.8) is 0 Å². The summed E-state index contributed by atoms with van der Waals surface area (Å²) < 4.78 is 3.64. The zero-order valence-electron chi connectivity index (χ0n) is 11.0. The molecule has 0 saturated heterocycles. The third-order valence-electron chi connectivity index (χ3n) is 2.81. The largest absolute Gasteiger partial charge is 1.00 e. The van der Waals surface area contributed by atoms with Crippen molar-refractivity contribution in [1.29, 1.82) is 0 Å². The number of allylic oxidation sites excluding steroid dienone is 8. The fraction of sp³-hybridized carbons (Fsp3) is 0.333. The first-order chi connectivity index (χ1) is 6.79. The molecule has 0 aromatic heterocycles. The summed E-state index contributed by atoms with van der Waals surface area (Å²) in [7, 11) is 0. The molecular formula is C12H19SiTi-2. The van der Waals surface area contributed by atoms with Crippen LogP contribution in [0.2, 0.25) is 13.1 Å². The van der Waals surface area contributed by atoms with E-state index in [1.807, 2.05) is 7.76 Å². The van der Waals surface area contributed by atoms with Gasteiger partial charge in [-0.05, 0) is 0 Å². The molecule has 0 fully saturated rings. The summed E-state index contributed by atoms with van der Waals surface area (Å²) in [5.74, 6) is 0. The molecule has 2 aliphatic rings. The summed E-state index contributed by atoms with van der Waals surface area (Å²) in [5, 5.41) is 0. The Labute approximate surface area is 96.7 Å². The van der Waals surface area contributed by atoms with Crippen molar-refractivity contribution in [2.24, 2.45) is 0 Å². The Bertz CT molecular complexity index is 313. The first kappa shape index (κ1) is 10.4. The van der Waals surface area contributed by atoms with Crippen LogP contribution in [0, 0.1) is 0 Å². The van der Waals surface area contributed by atoms with Crippen LogP contribution in [0.25, 0.3) is 0 Å². The molecule has 0 saturated carbocycles. The standard InChI is InChI=1S/2C5H5.C2H7Si.Ti.2H/c2*1-2-4-5-3-1;1-3-2;;;/h2*1-3H,4H2;3H,1-2H3;;;/q;;;;2*-1. The topological polar surface area (TPSA) is 0 Å². The van der Waals surface area contributed by atoms with E-state index in [0.29, 0.717) is 0 Å². The van der Waals surface area contributed by atoms with Gasteiger partial charge in [0.15, 0.2) is 0 Å². The second-order valence-electron chi connectivity index (χ2n) is 4.22. The van der Waals surface area contributed by atoms with Crippen LogP contribution < -0.4 is 0 Å². The first-order valence-corrected chi connectivity index (χ1v) is 12.5. The molecule has 0 heterocycles. The molecule has 77 valence electrons. The van der Waals surface area contributed by atoms with Crippen molar-refractivity contribution in [2.75, 3.05) is 0 Å². The van der Waals surface area contributed by atoms with E-state index in [-0.39, 0.29) is 2.85 Å². The maximum atomic E-state index is 2.54. The van der Waals surface area contributed by atoms with Gasteiger partial charge >= 0.3 is 93.9 Å². The zero-order chi connectivity index (χ0) is 9.97. The molecule has 0 aliphatic heterocycles. The van der Waals surface area contributed by atoms with Gasteiger partial charge < -0.3 is 2.85 Å². The molecule has 2 rings (SSSR count). The van der Waals surface area contributed by atoms with E-state index in [4.69, 9.17) is 0 Å². The van der Waals surface area contributed by atoms with Crippen LogP contribution >= 0.6 is 0 Å². The smallest absolute Gasteiger partial charge is 1.00 e. The van der Waals surface area contributed by atoms with Gasteiger partial charge in [-0.3, -0.25) is 0 Å². The van der Waals surface area contributed by atoms with Crippen molar-refractivity contribution in [3.05, 3.63) is 44.2 Å². The quantitative estimate of drug-likeness (QED) is 0.661. The average molecular weight is 239 g/mol. The SMILES string of the molecule is C[SiH](C)[Ti]([C]1=CC=CC1)[C]1=CC=CC1.[H-].[H-]. The van der Waals surface area contributed by atoms with Crippen LogP contribution in [-0.2, 0) is 17.1 Å². The number of hydrogen-bond donors (Lipinski definition) is 0. The molecular weight excluding hydrogens is 220 g/mol. The van der Waals surface area contributed by atoms with E-state index in [9.17, 15) is 0 Å². The molecule has 0 unspecified atom stereocenters. The molecule has 2 heteroatoms. The minimum atomic E-state index is -0.972. The van der Waals surface area contributed by atoms with Gasteiger partial charge in [0.2, 0.25) is 0 Å². The molecule has 0 bridgehead atoms. The monoisotopic (exact) mass is 239 g/mol. The van der Waals surface area contributed by atoms with E-state index >= 15 is 0 Å². The van der Waals surface area contributed by atoms with Gasteiger partial charge in [0.05, 0.1) is 0 Å². The zero-order valence-corrected chi connectivity index (χ0v) is 11.7. The van der Waals surface area contributed by atoms with Gasteiger partial charge in [-0.15, -0.1) is 0 Å². The molecule has 14 heavy (non-hydrogen) atoms. The van der Waals surface area contributed by atoms with E-state index < -0.39 is 23.8 Å². The molecule has 0 amide bonds. The van der Waals surface area contributed by atoms with Crippen LogP contribution in [0.3, 0.4) is 0 Å². The molecule has 0 spiro atoms. The van der Waals surface area contributed by atoms with Gasteiger partial charge in [-0.1, -0.05) is 0 Å². The van der Waals surface area contributed by atoms with Crippen LogP contribution in [-0.4, -0.2) is 6.66 Å². The van der Waals surface area contributed by atoms with Gasteiger partial charge in [-0.2, -0.15) is 0 Å². The van der Waals surface area contributed by atoms with E-state index in [1.54, 1.807) is 0 Å². The normalized spacial score (nSPS) is 19.1. The predicted octanol–water partition coefficient (Wildman–Crippen LogP) is 3.50. The van der Waals surface area contributed by atoms with Crippen LogP contribution in [0.5, 0.6) is 0 Å². The minimum Gasteiger partial charge on any atom is -1.00 e. The fourth-order valence-electron chi connectivity index (χ4n) is 2.24. The summed E-state index contributed by atoms with van der Waals surface area (Å²) in [4.78, 5) is 0. The molecule has 0 radical (unpaired) electrons. The van der Waals surface area contributed by atoms with E-state index in [2.05, 4.69) is 49.6 Å². The fourth-order valence-corrected chi connectivity index (χ4v) is 15.0. The van der Waals surface area contributed by atoms with Gasteiger partial charge in [0.25, 0.3) is 0 Å². The molecule has 0 aromatic rings. The Balaban J connectivity index is 0.00000112. The van der Waals surface area contributed by atoms with Crippen molar-refractivity contribution < 1.29 is 20.0 Å². The van der Waals surface area contributed by atoms with Crippen LogP contribution in [0.4, 0.5) is 0 Å². The molecule has 0 atom stereocenters. The molecule has 0 N–H and O–H groups in total. The Morgan fingerprint density at radius 2 is 1.57 bits per heavy atom.